The highest BCUT2D eigenvalue weighted by Crippen LogP contribution is 2.32. The van der Waals surface area contributed by atoms with Gasteiger partial charge >= 0.3 is 5.97 Å². The number of rotatable bonds is 21. The number of aromatic carboxylic acids is 1. The summed E-state index contributed by atoms with van der Waals surface area (Å²) < 4.78 is 5.39. The fourth-order valence-electron chi connectivity index (χ4n) is 4.74. The van der Waals surface area contributed by atoms with Gasteiger partial charge < -0.3 is 20.1 Å². The predicted octanol–water partition coefficient (Wildman–Crippen LogP) is 6.49. The largest absolute Gasteiger partial charge is 0.496 e. The van der Waals surface area contributed by atoms with Crippen molar-refractivity contribution in [3.8, 4) is 5.75 Å². The summed E-state index contributed by atoms with van der Waals surface area (Å²) in [7, 11) is 1.46. The molecule has 0 saturated carbocycles. The minimum atomic E-state index is -1.02. The van der Waals surface area contributed by atoms with E-state index in [4.69, 9.17) is 4.74 Å². The van der Waals surface area contributed by atoms with E-state index in [2.05, 4.69) is 6.92 Å². The number of benzene rings is 1. The topological polar surface area (TPSA) is 87.0 Å². The first-order valence-corrected chi connectivity index (χ1v) is 13.3. The molecule has 1 aromatic carbocycles. The second-order valence-electron chi connectivity index (χ2n) is 9.17. The smallest absolute Gasteiger partial charge is 0.339 e. The molecule has 0 amide bonds. The molecule has 0 heterocycles. The lowest BCUT2D eigenvalue weighted by Crippen LogP contribution is -2.12. The van der Waals surface area contributed by atoms with E-state index < -0.39 is 5.97 Å². The first-order valence-electron chi connectivity index (χ1n) is 13.3. The lowest BCUT2D eigenvalue weighted by atomic mass is 9.89. The van der Waals surface area contributed by atoms with Crippen LogP contribution in [0.4, 0.5) is 0 Å². The molecule has 0 unspecified atom stereocenters. The molecule has 0 spiro atoms. The van der Waals surface area contributed by atoms with E-state index >= 15 is 0 Å². The highest BCUT2D eigenvalue weighted by molar-refractivity contribution is 5.92. The molecule has 0 saturated heterocycles. The van der Waals surface area contributed by atoms with Crippen molar-refractivity contribution < 1.29 is 24.9 Å². The average molecular weight is 465 g/mol. The minimum Gasteiger partial charge on any atom is -0.496 e. The maximum atomic E-state index is 11.8. The van der Waals surface area contributed by atoms with Crippen LogP contribution in [-0.4, -0.2) is 41.6 Å². The lowest BCUT2D eigenvalue weighted by molar-refractivity contribution is 0.0692. The summed E-state index contributed by atoms with van der Waals surface area (Å²) in [6, 6.07) is 1.70. The van der Waals surface area contributed by atoms with Crippen LogP contribution in [0.25, 0.3) is 0 Å². The van der Waals surface area contributed by atoms with Gasteiger partial charge in [0.2, 0.25) is 0 Å². The summed E-state index contributed by atoms with van der Waals surface area (Å²) in [5.41, 5.74) is 2.75. The highest BCUT2D eigenvalue weighted by Gasteiger charge is 2.21. The summed E-state index contributed by atoms with van der Waals surface area (Å²) in [5, 5.41) is 28.7. The number of hydrogen-bond donors (Lipinski definition) is 3. The maximum absolute atomic E-state index is 11.8. The molecule has 1 rings (SSSR count). The second-order valence-corrected chi connectivity index (χ2v) is 9.17. The number of aliphatic hydroxyl groups excluding tert-OH is 2. The molecule has 5 nitrogen and oxygen atoms in total. The van der Waals surface area contributed by atoms with Gasteiger partial charge in [-0.1, -0.05) is 90.4 Å². The SMILES string of the molecule is CCCCCCCCCCCCCCCCc1cc(C(=O)O)c(OC)c(CCO)c1CCO. The van der Waals surface area contributed by atoms with Gasteiger partial charge in [0.1, 0.15) is 11.3 Å². The molecule has 3 N–H and O–H groups in total. The molecule has 0 atom stereocenters. The Balaban J connectivity index is 2.42. The molecule has 0 aliphatic carbocycles. The Morgan fingerprint density at radius 1 is 0.727 bits per heavy atom. The Kier molecular flexibility index (Phi) is 16.8. The molecular formula is C28H48O5. The minimum absolute atomic E-state index is 0.0141. The molecule has 0 aromatic heterocycles. The Morgan fingerprint density at radius 2 is 1.18 bits per heavy atom. The van der Waals surface area contributed by atoms with Gasteiger partial charge in [-0.05, 0) is 42.9 Å². The lowest BCUT2D eigenvalue weighted by Gasteiger charge is -2.20. The summed E-state index contributed by atoms with van der Waals surface area (Å²) in [6.07, 6.45) is 19.8. The first kappa shape index (κ1) is 29.4. The maximum Gasteiger partial charge on any atom is 0.339 e. The zero-order valence-electron chi connectivity index (χ0n) is 21.2. The zero-order valence-corrected chi connectivity index (χ0v) is 21.2. The number of aliphatic hydroxyl groups is 2. The third kappa shape index (κ3) is 11.4. The first-order chi connectivity index (χ1) is 16.1. The Morgan fingerprint density at radius 3 is 1.61 bits per heavy atom. The van der Waals surface area contributed by atoms with Crippen molar-refractivity contribution in [3.63, 3.8) is 0 Å². The van der Waals surface area contributed by atoms with Gasteiger partial charge in [0, 0.05) is 18.8 Å². The molecular weight excluding hydrogens is 416 g/mol. The number of unbranched alkanes of at least 4 members (excludes halogenated alkanes) is 13. The van der Waals surface area contributed by atoms with Gasteiger partial charge in [-0.15, -0.1) is 0 Å². The quantitative estimate of drug-likeness (QED) is 0.181. The average Bonchev–Trinajstić information content (AvgIpc) is 2.80. The fraction of sp³-hybridized carbons (Fsp3) is 0.750. The van der Waals surface area contributed by atoms with Gasteiger partial charge in [0.15, 0.2) is 0 Å². The summed E-state index contributed by atoms with van der Waals surface area (Å²) in [4.78, 5) is 11.8. The molecule has 33 heavy (non-hydrogen) atoms. The van der Waals surface area contributed by atoms with Crippen molar-refractivity contribution in [2.45, 2.75) is 116 Å². The van der Waals surface area contributed by atoms with Crippen molar-refractivity contribution in [2.75, 3.05) is 20.3 Å². The van der Waals surface area contributed by atoms with Crippen molar-refractivity contribution in [2.24, 2.45) is 0 Å². The van der Waals surface area contributed by atoms with Crippen molar-refractivity contribution in [3.05, 3.63) is 28.3 Å². The summed E-state index contributed by atoms with van der Waals surface area (Å²) in [5.74, 6) is -0.714. The van der Waals surface area contributed by atoms with Gasteiger partial charge in [-0.2, -0.15) is 0 Å². The predicted molar refractivity (Wildman–Crippen MR) is 136 cm³/mol. The van der Waals surface area contributed by atoms with Crippen LogP contribution >= 0.6 is 0 Å². The van der Waals surface area contributed by atoms with Crippen LogP contribution in [0.3, 0.4) is 0 Å². The monoisotopic (exact) mass is 464 g/mol. The molecule has 0 bridgehead atoms. The number of aryl methyl sites for hydroxylation is 1. The third-order valence-corrected chi connectivity index (χ3v) is 6.55. The Hall–Kier alpha value is -1.59. The van der Waals surface area contributed by atoms with Crippen LogP contribution in [0.15, 0.2) is 6.07 Å². The highest BCUT2D eigenvalue weighted by atomic mass is 16.5. The van der Waals surface area contributed by atoms with E-state index in [0.717, 1.165) is 30.4 Å². The summed E-state index contributed by atoms with van der Waals surface area (Å²) in [6.45, 7) is 2.16. The van der Waals surface area contributed by atoms with Crippen molar-refractivity contribution in [1.29, 1.82) is 0 Å². The number of carbonyl (C=O) groups is 1. The van der Waals surface area contributed by atoms with Crippen LogP contribution in [0, 0.1) is 0 Å². The number of methoxy groups -OCH3 is 1. The van der Waals surface area contributed by atoms with Gasteiger partial charge in [-0.25, -0.2) is 4.79 Å². The van der Waals surface area contributed by atoms with Crippen molar-refractivity contribution >= 4 is 5.97 Å². The van der Waals surface area contributed by atoms with E-state index in [1.165, 1.54) is 84.2 Å². The molecule has 190 valence electrons. The van der Waals surface area contributed by atoms with Crippen molar-refractivity contribution in [1.82, 2.24) is 0 Å². The van der Waals surface area contributed by atoms with E-state index in [0.29, 0.717) is 24.2 Å². The standard InChI is InChI=1S/C28H48O5/c1-3-4-5-6-7-8-9-10-11-12-13-14-15-16-17-23-22-26(28(31)32)27(33-2)25(19-21-30)24(23)18-20-29/h22,29-30H,3-21H2,1-2H3,(H,31,32). The molecule has 0 fully saturated rings. The Labute approximate surface area is 201 Å². The third-order valence-electron chi connectivity index (χ3n) is 6.55. The number of carboxylic acid groups (broad SMARTS) is 1. The van der Waals surface area contributed by atoms with E-state index in [1.54, 1.807) is 6.07 Å². The zero-order chi connectivity index (χ0) is 24.3. The van der Waals surface area contributed by atoms with Crippen LogP contribution in [0.2, 0.25) is 0 Å². The van der Waals surface area contributed by atoms with Gasteiger partial charge in [0.25, 0.3) is 0 Å². The normalized spacial score (nSPS) is 11.2. The van der Waals surface area contributed by atoms with Crippen LogP contribution < -0.4 is 4.74 Å². The molecule has 1 aromatic rings. The number of hydrogen-bond acceptors (Lipinski definition) is 4. The molecule has 5 heteroatoms. The number of carboxylic acids is 1. The Bertz CT molecular complexity index is 656. The van der Waals surface area contributed by atoms with Gasteiger partial charge in [-0.3, -0.25) is 0 Å². The van der Waals surface area contributed by atoms with Crippen LogP contribution in [0.5, 0.6) is 5.75 Å². The summed E-state index contributed by atoms with van der Waals surface area (Å²) >= 11 is 0. The molecule has 0 radical (unpaired) electrons. The second kappa shape index (κ2) is 18.8. The van der Waals surface area contributed by atoms with Crippen LogP contribution in [0.1, 0.15) is 124 Å². The number of ether oxygens (including phenoxy) is 1. The van der Waals surface area contributed by atoms with E-state index in [1.807, 2.05) is 0 Å². The molecule has 0 aliphatic rings. The van der Waals surface area contributed by atoms with Crippen LogP contribution in [-0.2, 0) is 19.3 Å². The van der Waals surface area contributed by atoms with E-state index in [-0.39, 0.29) is 18.8 Å². The van der Waals surface area contributed by atoms with Gasteiger partial charge in [0.05, 0.1) is 7.11 Å². The van der Waals surface area contributed by atoms with E-state index in [9.17, 15) is 20.1 Å². The fourth-order valence-corrected chi connectivity index (χ4v) is 4.74. The molecule has 0 aliphatic heterocycles.